The zero-order valence-corrected chi connectivity index (χ0v) is 21.3. The number of aryl methyl sites for hydroxylation is 1. The van der Waals surface area contributed by atoms with Crippen molar-refractivity contribution in [2.24, 2.45) is 5.92 Å². The van der Waals surface area contributed by atoms with Gasteiger partial charge in [-0.15, -0.1) is 0 Å². The van der Waals surface area contributed by atoms with E-state index in [4.69, 9.17) is 4.74 Å². The van der Waals surface area contributed by atoms with E-state index in [9.17, 15) is 10.1 Å². The highest BCUT2D eigenvalue weighted by atomic mass is 16.5. The van der Waals surface area contributed by atoms with Gasteiger partial charge in [0.1, 0.15) is 18.4 Å². The molecule has 5 rings (SSSR count). The highest BCUT2D eigenvalue weighted by molar-refractivity contribution is 5.96. The Morgan fingerprint density at radius 2 is 1.92 bits per heavy atom. The van der Waals surface area contributed by atoms with Gasteiger partial charge in [0.05, 0.1) is 16.8 Å². The number of hydrogen-bond acceptors (Lipinski definition) is 5. The smallest absolute Gasteiger partial charge is 0.227 e. The number of rotatable bonds is 8. The van der Waals surface area contributed by atoms with Crippen molar-refractivity contribution >= 4 is 22.5 Å². The molecule has 7 nitrogen and oxygen atoms in total. The molecule has 36 heavy (non-hydrogen) atoms. The first-order chi connectivity index (χ1) is 17.6. The van der Waals surface area contributed by atoms with Crippen molar-refractivity contribution in [2.75, 3.05) is 51.7 Å². The lowest BCUT2D eigenvalue weighted by Gasteiger charge is -2.20. The maximum Gasteiger partial charge on any atom is 0.227 e. The molecule has 1 aromatic heterocycles. The molecule has 1 saturated carbocycles. The van der Waals surface area contributed by atoms with E-state index in [-0.39, 0.29) is 11.8 Å². The summed E-state index contributed by atoms with van der Waals surface area (Å²) < 4.78 is 8.34. The van der Waals surface area contributed by atoms with E-state index in [1.54, 1.807) is 0 Å². The number of fused-ring (bicyclic) bond motifs is 1. The molecule has 3 aromatic rings. The van der Waals surface area contributed by atoms with Crippen molar-refractivity contribution in [1.82, 2.24) is 14.4 Å². The van der Waals surface area contributed by atoms with Gasteiger partial charge >= 0.3 is 0 Å². The van der Waals surface area contributed by atoms with Gasteiger partial charge < -0.3 is 19.5 Å². The maximum atomic E-state index is 12.1. The van der Waals surface area contributed by atoms with Gasteiger partial charge in [0, 0.05) is 49.2 Å². The van der Waals surface area contributed by atoms with Crippen LogP contribution in [-0.4, -0.2) is 66.7 Å². The average molecular weight is 486 g/mol. The summed E-state index contributed by atoms with van der Waals surface area (Å²) in [4.78, 5) is 17.0. The summed E-state index contributed by atoms with van der Waals surface area (Å²) in [5.74, 6) is 1.09. The predicted molar refractivity (Wildman–Crippen MR) is 143 cm³/mol. The zero-order valence-electron chi connectivity index (χ0n) is 21.3. The number of hydrogen-bond donors (Lipinski definition) is 1. The van der Waals surface area contributed by atoms with Crippen molar-refractivity contribution in [1.29, 1.82) is 5.26 Å². The minimum absolute atomic E-state index is 0.0962. The Morgan fingerprint density at radius 1 is 1.11 bits per heavy atom. The fraction of sp³-hybridized carbons (Fsp3) is 0.448. The third-order valence-electron chi connectivity index (χ3n) is 7.33. The van der Waals surface area contributed by atoms with Crippen LogP contribution in [0.25, 0.3) is 22.2 Å². The second-order valence-electron chi connectivity index (χ2n) is 9.95. The van der Waals surface area contributed by atoms with Crippen LogP contribution >= 0.6 is 0 Å². The zero-order chi connectivity index (χ0) is 25.1. The van der Waals surface area contributed by atoms with Gasteiger partial charge in [-0.2, -0.15) is 5.26 Å². The van der Waals surface area contributed by atoms with Gasteiger partial charge in [-0.1, -0.05) is 12.1 Å². The minimum Gasteiger partial charge on any atom is -0.492 e. The largest absolute Gasteiger partial charge is 0.492 e. The monoisotopic (exact) mass is 485 g/mol. The number of likely N-dealkylation sites (N-methyl/N-ethyl adjacent to an activating group) is 1. The van der Waals surface area contributed by atoms with Gasteiger partial charge in [-0.25, -0.2) is 0 Å². The number of nitriles is 1. The van der Waals surface area contributed by atoms with Crippen LogP contribution in [0, 0.1) is 17.2 Å². The Balaban J connectivity index is 1.35. The Labute approximate surface area is 213 Å². The molecule has 2 fully saturated rings. The number of benzene rings is 2. The normalized spacial score (nSPS) is 17.0. The van der Waals surface area contributed by atoms with Gasteiger partial charge in [0.25, 0.3) is 0 Å². The van der Waals surface area contributed by atoms with Crippen LogP contribution in [-0.2, 0) is 11.3 Å². The first-order valence-corrected chi connectivity index (χ1v) is 13.1. The number of carbonyl (C=O) groups is 1. The van der Waals surface area contributed by atoms with Crippen LogP contribution in [0.2, 0.25) is 0 Å². The molecule has 2 heterocycles. The van der Waals surface area contributed by atoms with Crippen LogP contribution in [0.4, 0.5) is 5.69 Å². The van der Waals surface area contributed by atoms with Gasteiger partial charge in [-0.3, -0.25) is 9.69 Å². The number of amides is 1. The fourth-order valence-corrected chi connectivity index (χ4v) is 5.08. The fourth-order valence-electron chi connectivity index (χ4n) is 5.08. The van der Waals surface area contributed by atoms with E-state index in [0.29, 0.717) is 12.2 Å². The molecule has 0 radical (unpaired) electrons. The van der Waals surface area contributed by atoms with Gasteiger partial charge in [0.2, 0.25) is 5.91 Å². The molecule has 1 aliphatic heterocycles. The molecule has 1 amide bonds. The molecule has 1 N–H and O–H groups in total. The predicted octanol–water partition coefficient (Wildman–Crippen LogP) is 4.56. The van der Waals surface area contributed by atoms with E-state index in [1.807, 2.05) is 36.4 Å². The molecule has 2 aliphatic rings. The summed E-state index contributed by atoms with van der Waals surface area (Å²) in [5, 5.41) is 14.0. The van der Waals surface area contributed by atoms with E-state index in [1.165, 1.54) is 6.42 Å². The molecule has 0 bridgehead atoms. The van der Waals surface area contributed by atoms with Crippen molar-refractivity contribution in [2.45, 2.75) is 32.7 Å². The number of ether oxygens (including phenoxy) is 1. The Kier molecular flexibility index (Phi) is 7.26. The molecule has 2 aromatic carbocycles. The van der Waals surface area contributed by atoms with E-state index >= 15 is 0 Å². The van der Waals surface area contributed by atoms with Crippen molar-refractivity contribution in [3.8, 4) is 23.1 Å². The highest BCUT2D eigenvalue weighted by Crippen LogP contribution is 2.36. The number of nitrogens with zero attached hydrogens (tertiary/aromatic N) is 4. The van der Waals surface area contributed by atoms with Crippen LogP contribution in [0.3, 0.4) is 0 Å². The number of anilines is 1. The third kappa shape index (κ3) is 5.25. The maximum absolute atomic E-state index is 12.1. The van der Waals surface area contributed by atoms with Crippen LogP contribution in [0.15, 0.2) is 42.5 Å². The third-order valence-corrected chi connectivity index (χ3v) is 7.33. The minimum atomic E-state index is 0.0962. The molecule has 0 spiro atoms. The summed E-state index contributed by atoms with van der Waals surface area (Å²) in [6.07, 6.45) is 3.15. The molecule has 1 saturated heterocycles. The Hall–Kier alpha value is -3.34. The van der Waals surface area contributed by atoms with Crippen LogP contribution in [0.1, 0.15) is 31.7 Å². The Bertz CT molecular complexity index is 1270. The summed E-state index contributed by atoms with van der Waals surface area (Å²) in [5.41, 5.74) is 4.33. The second kappa shape index (κ2) is 10.7. The molecular formula is C29H35N5O2. The molecule has 1 aliphatic carbocycles. The second-order valence-corrected chi connectivity index (χ2v) is 9.95. The standard InChI is InChI=1S/C29H35N5O2/c1-3-34-27-19-24(36-18-17-33-14-4-13-32(2)15-16-33)11-12-25(27)26(20-30)28(34)21-7-9-23(10-8-21)31-29(35)22-5-6-22/h7-12,19,22H,3-6,13-18H2,1-2H3,(H,31,35). The molecule has 0 unspecified atom stereocenters. The van der Waals surface area contributed by atoms with Gasteiger partial charge in [0.15, 0.2) is 0 Å². The average Bonchev–Trinajstić information content (AvgIpc) is 3.71. The summed E-state index contributed by atoms with van der Waals surface area (Å²) in [7, 11) is 2.18. The lowest BCUT2D eigenvalue weighted by Crippen LogP contribution is -2.32. The summed E-state index contributed by atoms with van der Waals surface area (Å²) in [6, 6.07) is 16.3. The summed E-state index contributed by atoms with van der Waals surface area (Å²) >= 11 is 0. The van der Waals surface area contributed by atoms with E-state index in [0.717, 1.165) is 85.7 Å². The molecule has 7 heteroatoms. The summed E-state index contributed by atoms with van der Waals surface area (Å²) in [6.45, 7) is 8.84. The van der Waals surface area contributed by atoms with Crippen molar-refractivity contribution in [3.05, 3.63) is 48.0 Å². The molecule has 0 atom stereocenters. The topological polar surface area (TPSA) is 73.5 Å². The highest BCUT2D eigenvalue weighted by Gasteiger charge is 2.29. The molecular weight excluding hydrogens is 450 g/mol. The SMILES string of the molecule is CCn1c(-c2ccc(NC(=O)C3CC3)cc2)c(C#N)c2ccc(OCCN3CCCN(C)CC3)cc21. The Morgan fingerprint density at radius 3 is 2.64 bits per heavy atom. The van der Waals surface area contributed by atoms with E-state index in [2.05, 4.69) is 45.8 Å². The van der Waals surface area contributed by atoms with Crippen LogP contribution in [0.5, 0.6) is 5.75 Å². The number of nitrogens with one attached hydrogen (secondary N) is 1. The first-order valence-electron chi connectivity index (χ1n) is 13.1. The van der Waals surface area contributed by atoms with Crippen molar-refractivity contribution < 1.29 is 9.53 Å². The first kappa shape index (κ1) is 24.4. The lowest BCUT2D eigenvalue weighted by molar-refractivity contribution is -0.117. The van der Waals surface area contributed by atoms with Crippen LogP contribution < -0.4 is 10.1 Å². The number of carbonyl (C=O) groups excluding carboxylic acids is 1. The molecule has 188 valence electrons. The lowest BCUT2D eigenvalue weighted by atomic mass is 10.1. The number of aromatic nitrogens is 1. The quantitative estimate of drug-likeness (QED) is 0.506. The van der Waals surface area contributed by atoms with Crippen molar-refractivity contribution in [3.63, 3.8) is 0 Å². The van der Waals surface area contributed by atoms with E-state index < -0.39 is 0 Å². The van der Waals surface area contributed by atoms with Gasteiger partial charge in [-0.05, 0) is 76.2 Å².